The van der Waals surface area contributed by atoms with Crippen molar-refractivity contribution in [2.75, 3.05) is 0 Å². The summed E-state index contributed by atoms with van der Waals surface area (Å²) in [4.78, 5) is 10.9. The fourth-order valence-corrected chi connectivity index (χ4v) is 1.54. The highest BCUT2D eigenvalue weighted by atomic mass is 32.1. The van der Waals surface area contributed by atoms with Gasteiger partial charge in [-0.3, -0.25) is 4.79 Å². The van der Waals surface area contributed by atoms with Gasteiger partial charge in [-0.25, -0.2) is 0 Å². The Kier molecular flexibility index (Phi) is 2.83. The molecule has 1 heterocycles. The number of carbonyl (C=O) groups is 1. The SMILES string of the molecule is CC(C)n1cccc(C(N)=O)c1=S. The van der Waals surface area contributed by atoms with E-state index in [-0.39, 0.29) is 6.04 Å². The Balaban J connectivity index is 3.36. The molecule has 1 aromatic rings. The van der Waals surface area contributed by atoms with E-state index in [1.54, 1.807) is 12.1 Å². The Hall–Kier alpha value is -1.16. The summed E-state index contributed by atoms with van der Waals surface area (Å²) in [6.45, 7) is 4.00. The number of hydrogen-bond donors (Lipinski definition) is 1. The maximum Gasteiger partial charge on any atom is 0.251 e. The second kappa shape index (κ2) is 3.70. The average Bonchev–Trinajstić information content (AvgIpc) is 2.03. The monoisotopic (exact) mass is 196 g/mol. The Morgan fingerprint density at radius 1 is 1.62 bits per heavy atom. The van der Waals surface area contributed by atoms with Crippen LogP contribution in [0.3, 0.4) is 0 Å². The highest BCUT2D eigenvalue weighted by Crippen LogP contribution is 2.09. The van der Waals surface area contributed by atoms with Crippen molar-refractivity contribution in [3.8, 4) is 0 Å². The van der Waals surface area contributed by atoms with Crippen molar-refractivity contribution in [3.05, 3.63) is 28.5 Å². The van der Waals surface area contributed by atoms with Gasteiger partial charge in [0, 0.05) is 12.2 Å². The fraction of sp³-hybridized carbons (Fsp3) is 0.333. The second-order valence-corrected chi connectivity index (χ2v) is 3.48. The molecule has 0 unspecified atom stereocenters. The number of carbonyl (C=O) groups excluding carboxylic acids is 1. The molecule has 0 bridgehead atoms. The average molecular weight is 196 g/mol. The van der Waals surface area contributed by atoms with Gasteiger partial charge in [0.2, 0.25) is 0 Å². The first-order chi connectivity index (χ1) is 6.04. The van der Waals surface area contributed by atoms with Gasteiger partial charge in [-0.15, -0.1) is 0 Å². The van der Waals surface area contributed by atoms with Crippen molar-refractivity contribution in [2.45, 2.75) is 19.9 Å². The van der Waals surface area contributed by atoms with E-state index in [9.17, 15) is 4.79 Å². The molecule has 1 aromatic heterocycles. The van der Waals surface area contributed by atoms with Gasteiger partial charge < -0.3 is 10.3 Å². The number of rotatable bonds is 2. The standard InChI is InChI=1S/C9H12N2OS/c1-6(2)11-5-3-4-7(8(10)12)9(11)13/h3-6H,1-2H3,(H2,10,12). The molecule has 3 nitrogen and oxygen atoms in total. The third kappa shape index (κ3) is 1.95. The first-order valence-electron chi connectivity index (χ1n) is 4.05. The summed E-state index contributed by atoms with van der Waals surface area (Å²) >= 11 is 5.11. The number of aromatic nitrogens is 1. The van der Waals surface area contributed by atoms with Crippen LogP contribution in [0.1, 0.15) is 30.2 Å². The van der Waals surface area contributed by atoms with E-state index >= 15 is 0 Å². The van der Waals surface area contributed by atoms with E-state index < -0.39 is 5.91 Å². The molecule has 0 radical (unpaired) electrons. The van der Waals surface area contributed by atoms with Gasteiger partial charge in [0.05, 0.1) is 5.56 Å². The normalized spacial score (nSPS) is 10.4. The summed E-state index contributed by atoms with van der Waals surface area (Å²) in [5.41, 5.74) is 5.57. The number of nitrogens with zero attached hydrogens (tertiary/aromatic N) is 1. The minimum atomic E-state index is -0.472. The maximum atomic E-state index is 10.9. The van der Waals surface area contributed by atoms with Crippen LogP contribution in [0, 0.1) is 4.64 Å². The van der Waals surface area contributed by atoms with E-state index in [2.05, 4.69) is 0 Å². The molecule has 1 amide bonds. The summed E-state index contributed by atoms with van der Waals surface area (Å²) in [5, 5.41) is 0. The minimum absolute atomic E-state index is 0.242. The van der Waals surface area contributed by atoms with Gasteiger partial charge >= 0.3 is 0 Å². The lowest BCUT2D eigenvalue weighted by Crippen LogP contribution is -2.15. The lowest BCUT2D eigenvalue weighted by atomic mass is 10.2. The summed E-state index contributed by atoms with van der Waals surface area (Å²) in [6.07, 6.45) is 1.85. The molecule has 0 saturated carbocycles. The van der Waals surface area contributed by atoms with Gasteiger partial charge in [0.25, 0.3) is 5.91 Å². The topological polar surface area (TPSA) is 48.0 Å². The molecule has 0 fully saturated rings. The molecule has 0 saturated heterocycles. The number of pyridine rings is 1. The van der Waals surface area contributed by atoms with E-state index in [0.717, 1.165) is 0 Å². The molecular formula is C9H12N2OS. The third-order valence-electron chi connectivity index (χ3n) is 1.80. The van der Waals surface area contributed by atoms with E-state index in [0.29, 0.717) is 10.2 Å². The predicted octanol–water partition coefficient (Wildman–Crippen LogP) is 1.90. The third-order valence-corrected chi connectivity index (χ3v) is 2.23. The smallest absolute Gasteiger partial charge is 0.251 e. The van der Waals surface area contributed by atoms with Crippen molar-refractivity contribution in [1.82, 2.24) is 4.57 Å². The Labute approximate surface area is 82.2 Å². The summed E-state index contributed by atoms with van der Waals surface area (Å²) < 4.78 is 2.35. The van der Waals surface area contributed by atoms with Crippen LogP contribution < -0.4 is 5.73 Å². The van der Waals surface area contributed by atoms with E-state index in [1.165, 1.54) is 0 Å². The van der Waals surface area contributed by atoms with Gasteiger partial charge in [0.15, 0.2) is 0 Å². The summed E-state index contributed by atoms with van der Waals surface area (Å²) in [7, 11) is 0. The Bertz CT molecular complexity index is 381. The molecule has 2 N–H and O–H groups in total. The van der Waals surface area contributed by atoms with Crippen LogP contribution in [0.5, 0.6) is 0 Å². The number of primary amides is 1. The second-order valence-electron chi connectivity index (χ2n) is 3.09. The predicted molar refractivity (Wildman–Crippen MR) is 54.2 cm³/mol. The van der Waals surface area contributed by atoms with Crippen molar-refractivity contribution in [3.63, 3.8) is 0 Å². The molecule has 0 spiro atoms. The molecule has 13 heavy (non-hydrogen) atoms. The van der Waals surface area contributed by atoms with Crippen molar-refractivity contribution in [1.29, 1.82) is 0 Å². The van der Waals surface area contributed by atoms with Crippen LogP contribution in [-0.2, 0) is 0 Å². The van der Waals surface area contributed by atoms with Gasteiger partial charge in [0.1, 0.15) is 4.64 Å². The van der Waals surface area contributed by atoms with Gasteiger partial charge in [-0.1, -0.05) is 12.2 Å². The number of hydrogen-bond acceptors (Lipinski definition) is 2. The Morgan fingerprint density at radius 3 is 2.69 bits per heavy atom. The summed E-state index contributed by atoms with van der Waals surface area (Å²) in [6, 6.07) is 3.66. The number of nitrogens with two attached hydrogens (primary N) is 1. The van der Waals surface area contributed by atoms with Crippen molar-refractivity contribution in [2.24, 2.45) is 5.73 Å². The first-order valence-corrected chi connectivity index (χ1v) is 4.46. The highest BCUT2D eigenvalue weighted by molar-refractivity contribution is 7.71. The summed E-state index contributed by atoms with van der Waals surface area (Å²) in [5.74, 6) is -0.472. The number of amides is 1. The molecule has 4 heteroatoms. The lowest BCUT2D eigenvalue weighted by molar-refractivity contribution is 0.0999. The zero-order valence-electron chi connectivity index (χ0n) is 7.65. The van der Waals surface area contributed by atoms with E-state index in [4.69, 9.17) is 18.0 Å². The minimum Gasteiger partial charge on any atom is -0.366 e. The molecular weight excluding hydrogens is 184 g/mol. The van der Waals surface area contributed by atoms with Crippen LogP contribution in [-0.4, -0.2) is 10.5 Å². The molecule has 0 atom stereocenters. The van der Waals surface area contributed by atoms with Crippen LogP contribution in [0.2, 0.25) is 0 Å². The van der Waals surface area contributed by atoms with Crippen LogP contribution in [0.15, 0.2) is 18.3 Å². The quantitative estimate of drug-likeness (QED) is 0.734. The largest absolute Gasteiger partial charge is 0.366 e. The van der Waals surface area contributed by atoms with Gasteiger partial charge in [-0.05, 0) is 26.0 Å². The molecule has 1 rings (SSSR count). The van der Waals surface area contributed by atoms with Crippen molar-refractivity contribution < 1.29 is 4.79 Å². The lowest BCUT2D eigenvalue weighted by Gasteiger charge is -2.11. The maximum absolute atomic E-state index is 10.9. The molecule has 70 valence electrons. The zero-order chi connectivity index (χ0) is 10.0. The van der Waals surface area contributed by atoms with Crippen LogP contribution in [0.25, 0.3) is 0 Å². The molecule has 0 aliphatic rings. The molecule has 0 aromatic carbocycles. The van der Waals surface area contributed by atoms with Crippen LogP contribution in [0.4, 0.5) is 0 Å². The Morgan fingerprint density at radius 2 is 2.23 bits per heavy atom. The van der Waals surface area contributed by atoms with Crippen LogP contribution >= 0.6 is 12.2 Å². The highest BCUT2D eigenvalue weighted by Gasteiger charge is 2.06. The van der Waals surface area contributed by atoms with Crippen molar-refractivity contribution >= 4 is 18.1 Å². The first kappa shape index (κ1) is 9.92. The fourth-order valence-electron chi connectivity index (χ4n) is 1.10. The van der Waals surface area contributed by atoms with Gasteiger partial charge in [-0.2, -0.15) is 0 Å². The van der Waals surface area contributed by atoms with E-state index in [1.807, 2.05) is 24.6 Å². The molecule has 0 aliphatic carbocycles. The molecule has 0 aliphatic heterocycles. The zero-order valence-corrected chi connectivity index (χ0v) is 8.47.